The predicted molar refractivity (Wildman–Crippen MR) is 26.6 cm³/mol. The van der Waals surface area contributed by atoms with Crippen molar-refractivity contribution in [1.82, 2.24) is 0 Å². The van der Waals surface area contributed by atoms with Crippen molar-refractivity contribution in [3.05, 3.63) is 0 Å². The lowest BCUT2D eigenvalue weighted by Crippen LogP contribution is -2.20. The number of rotatable bonds is 1. The highest BCUT2D eigenvalue weighted by Crippen LogP contribution is 2.22. The van der Waals surface area contributed by atoms with E-state index in [1.807, 2.05) is 0 Å². The molecule has 4 nitrogen and oxygen atoms in total. The van der Waals surface area contributed by atoms with E-state index in [0.717, 1.165) is 0 Å². The number of hydrogen-bond donors (Lipinski definition) is 2. The Morgan fingerprint density at radius 3 is 2.62 bits per heavy atom. The third-order valence-electron chi connectivity index (χ3n) is 0.687. The first-order valence-corrected chi connectivity index (χ1v) is 3.11. The van der Waals surface area contributed by atoms with Gasteiger partial charge in [-0.3, -0.25) is 0 Å². The maximum atomic E-state index is 8.38. The van der Waals surface area contributed by atoms with Gasteiger partial charge in [-0.1, -0.05) is 11.8 Å². The molecule has 0 radical (unpaired) electrons. The molecular formula is C3H6O4S. The number of aliphatic hydroxyl groups is 2. The minimum absolute atomic E-state index is 0.363. The van der Waals surface area contributed by atoms with Crippen molar-refractivity contribution in [1.29, 1.82) is 0 Å². The van der Waals surface area contributed by atoms with Gasteiger partial charge in [-0.25, -0.2) is 9.78 Å². The molecule has 0 amide bonds. The molecule has 0 aliphatic carbocycles. The summed E-state index contributed by atoms with van der Waals surface area (Å²) < 4.78 is 0. The highest BCUT2D eigenvalue weighted by atomic mass is 32.2. The Kier molecular flexibility index (Phi) is 2.09. The molecule has 0 saturated carbocycles. The van der Waals surface area contributed by atoms with Crippen LogP contribution in [-0.2, 0) is 9.78 Å². The molecule has 1 aliphatic rings. The van der Waals surface area contributed by atoms with Gasteiger partial charge in [-0.2, -0.15) is 0 Å². The van der Waals surface area contributed by atoms with E-state index < -0.39 is 11.7 Å². The second-order valence-electron chi connectivity index (χ2n) is 1.28. The highest BCUT2D eigenvalue weighted by Gasteiger charge is 2.24. The average molecular weight is 138 g/mol. The van der Waals surface area contributed by atoms with Gasteiger partial charge in [0, 0.05) is 0 Å². The van der Waals surface area contributed by atoms with Crippen LogP contribution in [0.25, 0.3) is 0 Å². The van der Waals surface area contributed by atoms with Crippen molar-refractivity contribution in [2.45, 2.75) is 11.7 Å². The molecule has 0 spiro atoms. The smallest absolute Gasteiger partial charge is 0.191 e. The summed E-state index contributed by atoms with van der Waals surface area (Å²) >= 11 is 1.21. The summed E-state index contributed by atoms with van der Waals surface area (Å²) in [6, 6.07) is 0. The van der Waals surface area contributed by atoms with E-state index >= 15 is 0 Å². The number of hydrogen-bond acceptors (Lipinski definition) is 5. The van der Waals surface area contributed by atoms with Gasteiger partial charge in [0.1, 0.15) is 5.94 Å². The minimum Gasteiger partial charge on any atom is -0.365 e. The van der Waals surface area contributed by atoms with Crippen molar-refractivity contribution < 1.29 is 20.0 Å². The first-order chi connectivity index (χ1) is 3.80. The number of thioether (sulfide) groups is 1. The van der Waals surface area contributed by atoms with Gasteiger partial charge in [-0.05, 0) is 0 Å². The molecule has 2 N–H and O–H groups in total. The molecule has 0 aromatic heterocycles. The summed E-state index contributed by atoms with van der Waals surface area (Å²) in [5.41, 5.74) is -0.630. The largest absolute Gasteiger partial charge is 0.365 e. The van der Waals surface area contributed by atoms with Gasteiger partial charge >= 0.3 is 0 Å². The quantitative estimate of drug-likeness (QED) is 0.370. The lowest BCUT2D eigenvalue weighted by Gasteiger charge is -2.05. The minimum atomic E-state index is -1.44. The molecule has 1 rings (SSSR count). The molecule has 0 bridgehead atoms. The van der Waals surface area contributed by atoms with Gasteiger partial charge in [0.15, 0.2) is 11.7 Å². The summed E-state index contributed by atoms with van der Waals surface area (Å²) in [6.45, 7) is 0. The zero-order valence-corrected chi connectivity index (χ0v) is 4.80. The van der Waals surface area contributed by atoms with Crippen LogP contribution in [0.1, 0.15) is 0 Å². The zero-order chi connectivity index (χ0) is 5.98. The molecule has 5 heteroatoms. The summed E-state index contributed by atoms with van der Waals surface area (Å²) in [5, 5.41) is 16.8. The summed E-state index contributed by atoms with van der Waals surface area (Å²) in [5.74, 6) is 0.363. The molecule has 48 valence electrons. The molecule has 0 aromatic rings. The first-order valence-electron chi connectivity index (χ1n) is 2.07. The van der Waals surface area contributed by atoms with Crippen LogP contribution in [0.4, 0.5) is 0 Å². The molecule has 1 saturated heterocycles. The van der Waals surface area contributed by atoms with Crippen molar-refractivity contribution in [3.8, 4) is 0 Å². The lowest BCUT2D eigenvalue weighted by atomic mass is 10.7. The van der Waals surface area contributed by atoms with Crippen molar-refractivity contribution in [2.24, 2.45) is 0 Å². The fourth-order valence-electron chi connectivity index (χ4n) is 0.353. The number of aliphatic hydroxyl groups excluding tert-OH is 1. The molecular weight excluding hydrogens is 132 g/mol. The maximum Gasteiger partial charge on any atom is 0.191 e. The van der Waals surface area contributed by atoms with E-state index in [1.165, 1.54) is 11.8 Å². The van der Waals surface area contributed by atoms with E-state index in [1.54, 1.807) is 0 Å². The van der Waals surface area contributed by atoms with E-state index in [-0.39, 0.29) is 0 Å². The second-order valence-corrected chi connectivity index (χ2v) is 2.31. The fourth-order valence-corrected chi connectivity index (χ4v) is 0.882. The maximum absolute atomic E-state index is 8.38. The molecule has 1 atom stereocenters. The van der Waals surface area contributed by atoms with Gasteiger partial charge < -0.3 is 10.2 Å². The van der Waals surface area contributed by atoms with Gasteiger partial charge in [0.2, 0.25) is 0 Å². The zero-order valence-electron chi connectivity index (χ0n) is 3.98. The molecule has 1 aliphatic heterocycles. The molecule has 0 aromatic carbocycles. The summed E-state index contributed by atoms with van der Waals surface area (Å²) in [7, 11) is 0. The fraction of sp³-hybridized carbons (Fsp3) is 1.00. The van der Waals surface area contributed by atoms with Crippen molar-refractivity contribution in [3.63, 3.8) is 0 Å². The van der Waals surface area contributed by atoms with Crippen LogP contribution >= 0.6 is 11.8 Å². The Bertz CT molecular complexity index is 69.7. The summed E-state index contributed by atoms with van der Waals surface area (Å²) in [6.07, 6.45) is -1.44. The van der Waals surface area contributed by atoms with Crippen molar-refractivity contribution in [2.75, 3.05) is 5.94 Å². The molecule has 1 heterocycles. The van der Waals surface area contributed by atoms with Crippen LogP contribution < -0.4 is 0 Å². The topological polar surface area (TPSA) is 58.9 Å². The molecule has 1 unspecified atom stereocenters. The molecule has 1 fully saturated rings. The Hall–Kier alpha value is 0.190. The van der Waals surface area contributed by atoms with Crippen LogP contribution in [0.3, 0.4) is 0 Å². The van der Waals surface area contributed by atoms with Crippen LogP contribution in [-0.4, -0.2) is 27.9 Å². The van der Waals surface area contributed by atoms with E-state index in [4.69, 9.17) is 10.2 Å². The second kappa shape index (κ2) is 2.65. The van der Waals surface area contributed by atoms with Gasteiger partial charge in [0.25, 0.3) is 0 Å². The Morgan fingerprint density at radius 1 is 1.62 bits per heavy atom. The molecule has 8 heavy (non-hydrogen) atoms. The third-order valence-corrected chi connectivity index (χ3v) is 1.57. The summed E-state index contributed by atoms with van der Waals surface area (Å²) in [4.78, 5) is 8.74. The highest BCUT2D eigenvalue weighted by molar-refractivity contribution is 7.99. The van der Waals surface area contributed by atoms with Crippen molar-refractivity contribution >= 4 is 11.8 Å². The first kappa shape index (κ1) is 6.31. The van der Waals surface area contributed by atoms with Crippen LogP contribution in [0.15, 0.2) is 0 Å². The van der Waals surface area contributed by atoms with Gasteiger partial charge in [-0.15, -0.1) is 0 Å². The average Bonchev–Trinajstić information content (AvgIpc) is 2.12. The Balaban J connectivity index is 2.24. The Labute approximate surface area is 50.3 Å². The van der Waals surface area contributed by atoms with E-state index in [0.29, 0.717) is 5.94 Å². The Morgan fingerprint density at radius 2 is 2.38 bits per heavy atom. The van der Waals surface area contributed by atoms with Crippen LogP contribution in [0.5, 0.6) is 0 Å². The SMILES string of the molecule is OC(O)C1OOCS1. The monoisotopic (exact) mass is 138 g/mol. The normalized spacial score (nSPS) is 29.6. The van der Waals surface area contributed by atoms with Crippen LogP contribution in [0, 0.1) is 0 Å². The standard InChI is InChI=1S/C3H6O4S/c4-2(5)3-7-6-1-8-3/h2-5H,1H2. The predicted octanol–water partition coefficient (Wildman–Crippen LogP) is -0.724. The lowest BCUT2D eigenvalue weighted by molar-refractivity contribution is -0.304. The van der Waals surface area contributed by atoms with E-state index in [2.05, 4.69) is 9.78 Å². The third kappa shape index (κ3) is 1.33. The van der Waals surface area contributed by atoms with Crippen LogP contribution in [0.2, 0.25) is 0 Å². The van der Waals surface area contributed by atoms with E-state index in [9.17, 15) is 0 Å². The van der Waals surface area contributed by atoms with Gasteiger partial charge in [0.05, 0.1) is 0 Å².